The van der Waals surface area contributed by atoms with Crippen LogP contribution < -0.4 is 0 Å². The quantitative estimate of drug-likeness (QED) is 0.154. The van der Waals surface area contributed by atoms with Crippen molar-refractivity contribution in [2.24, 2.45) is 0 Å². The Kier molecular flexibility index (Phi) is 18.0. The predicted octanol–water partition coefficient (Wildman–Crippen LogP) is 7.84. The summed E-state index contributed by atoms with van der Waals surface area (Å²) in [5.74, 6) is 0. The number of nitrogens with zero attached hydrogens (tertiary/aromatic N) is 1. The molecule has 8 nitrogen and oxygen atoms in total. The van der Waals surface area contributed by atoms with Crippen LogP contribution in [-0.4, -0.2) is 51.7 Å². The van der Waals surface area contributed by atoms with Crippen LogP contribution in [0.25, 0.3) is 0 Å². The van der Waals surface area contributed by atoms with Gasteiger partial charge in [-0.1, -0.05) is 53.4 Å². The summed E-state index contributed by atoms with van der Waals surface area (Å²) < 4.78 is 38.4. The summed E-state index contributed by atoms with van der Waals surface area (Å²) in [5.41, 5.74) is -1.87. The molecule has 208 valence electrons. The Bertz CT molecular complexity index is 552. The standard InChI is InChI=1S/C16H36N.C8H20O7P2/c1-5-9-13-17(14-10-6-2,15-11-7-3)16-12-8-4;1-7(2,3)13-17(12,14-8(4,5)6)15-16(9,10)11/h5-16H2,1-4H3;1-6H3,(H2,9,10,11)/q+1;. The average molecular weight is 533 g/mol. The van der Waals surface area contributed by atoms with Crippen LogP contribution in [0.1, 0.15) is 121 Å². The zero-order chi connectivity index (χ0) is 27.1. The molecule has 0 saturated heterocycles. The Morgan fingerprint density at radius 1 is 0.618 bits per heavy atom. The lowest BCUT2D eigenvalue weighted by Gasteiger charge is -2.39. The summed E-state index contributed by atoms with van der Waals surface area (Å²) >= 11 is 0. The lowest BCUT2D eigenvalue weighted by molar-refractivity contribution is -0.929. The van der Waals surface area contributed by atoms with Crippen molar-refractivity contribution in [1.82, 2.24) is 0 Å². The van der Waals surface area contributed by atoms with E-state index in [4.69, 9.17) is 18.8 Å². The summed E-state index contributed by atoms with van der Waals surface area (Å²) in [4.78, 5) is 17.4. The second kappa shape index (κ2) is 16.9. The molecule has 0 aromatic rings. The molecule has 0 fully saturated rings. The molecule has 0 rings (SSSR count). The predicted molar refractivity (Wildman–Crippen MR) is 142 cm³/mol. The number of hydrogen-bond donors (Lipinski definition) is 2. The van der Waals surface area contributed by atoms with Crippen molar-refractivity contribution < 1.29 is 36.8 Å². The number of unbranched alkanes of at least 4 members (excludes halogenated alkanes) is 4. The second-order valence-electron chi connectivity index (χ2n) is 11.1. The largest absolute Gasteiger partial charge is 0.484 e. The molecular weight excluding hydrogens is 476 g/mol. The van der Waals surface area contributed by atoms with E-state index < -0.39 is 26.8 Å². The smallest absolute Gasteiger partial charge is 0.324 e. The minimum absolute atomic E-state index is 0.935. The van der Waals surface area contributed by atoms with E-state index in [9.17, 15) is 9.13 Å². The van der Waals surface area contributed by atoms with Gasteiger partial charge < -0.3 is 14.3 Å². The Labute approximate surface area is 210 Å². The normalized spacial score (nSPS) is 13.5. The maximum absolute atomic E-state index is 12.1. The van der Waals surface area contributed by atoms with Crippen molar-refractivity contribution in [2.75, 3.05) is 26.2 Å². The molecule has 0 saturated carbocycles. The molecule has 0 heterocycles. The third-order valence-corrected chi connectivity index (χ3v) is 8.12. The first-order valence-electron chi connectivity index (χ1n) is 13.0. The highest BCUT2D eigenvalue weighted by atomic mass is 31.3. The van der Waals surface area contributed by atoms with E-state index in [1.54, 1.807) is 41.5 Å². The summed E-state index contributed by atoms with van der Waals surface area (Å²) in [6, 6.07) is 0. The van der Waals surface area contributed by atoms with Gasteiger partial charge in [0.2, 0.25) is 0 Å². The van der Waals surface area contributed by atoms with E-state index >= 15 is 0 Å². The van der Waals surface area contributed by atoms with Gasteiger partial charge >= 0.3 is 15.6 Å². The Morgan fingerprint density at radius 2 is 0.882 bits per heavy atom. The molecule has 0 aliphatic carbocycles. The highest BCUT2D eigenvalue weighted by Gasteiger charge is 2.42. The molecule has 0 unspecified atom stereocenters. The number of hydrogen-bond acceptors (Lipinski definition) is 5. The zero-order valence-corrected chi connectivity index (χ0v) is 25.6. The van der Waals surface area contributed by atoms with Crippen molar-refractivity contribution in [1.29, 1.82) is 0 Å². The fourth-order valence-corrected chi connectivity index (χ4v) is 6.19. The van der Waals surface area contributed by atoms with Gasteiger partial charge in [-0.15, -0.1) is 0 Å². The van der Waals surface area contributed by atoms with E-state index in [0.717, 1.165) is 0 Å². The average Bonchev–Trinajstić information content (AvgIpc) is 2.62. The molecule has 0 spiro atoms. The fourth-order valence-electron chi connectivity index (χ4n) is 3.50. The molecule has 0 aromatic carbocycles. The van der Waals surface area contributed by atoms with Crippen molar-refractivity contribution in [3.05, 3.63) is 0 Å². The van der Waals surface area contributed by atoms with Crippen molar-refractivity contribution in [3.8, 4) is 0 Å². The Morgan fingerprint density at radius 3 is 1.06 bits per heavy atom. The van der Waals surface area contributed by atoms with Crippen LogP contribution >= 0.6 is 15.6 Å². The summed E-state index contributed by atoms with van der Waals surface area (Å²) in [6.07, 6.45) is 11.1. The molecule has 0 radical (unpaired) electrons. The van der Waals surface area contributed by atoms with Gasteiger partial charge in [-0.2, -0.15) is 4.31 Å². The first-order chi connectivity index (χ1) is 15.4. The highest BCUT2D eigenvalue weighted by Crippen LogP contribution is 2.64. The molecule has 0 amide bonds. The maximum Gasteiger partial charge on any atom is 0.484 e. The lowest BCUT2D eigenvalue weighted by atomic mass is 10.1. The molecule has 0 aliphatic rings. The van der Waals surface area contributed by atoms with Crippen LogP contribution in [0, 0.1) is 0 Å². The zero-order valence-electron chi connectivity index (χ0n) is 23.8. The number of quaternary nitrogens is 1. The molecule has 0 bridgehead atoms. The van der Waals surface area contributed by atoms with Crippen LogP contribution in [0.3, 0.4) is 0 Å². The Hall–Kier alpha value is 0.220. The lowest BCUT2D eigenvalue weighted by Crippen LogP contribution is -2.50. The summed E-state index contributed by atoms with van der Waals surface area (Å²) in [7, 11) is -9.32. The molecule has 0 aliphatic heterocycles. The van der Waals surface area contributed by atoms with Crippen molar-refractivity contribution >= 4 is 15.6 Å². The highest BCUT2D eigenvalue weighted by molar-refractivity contribution is 7.61. The molecule has 0 aromatic heterocycles. The van der Waals surface area contributed by atoms with Crippen LogP contribution in [0.4, 0.5) is 0 Å². The SMILES string of the molecule is CC(C)(C)OP(=O)(OC(C)(C)C)OP(=O)(O)O.CCCC[N+](CCCC)(CCCC)CCCC. The van der Waals surface area contributed by atoms with Gasteiger partial charge in [0.15, 0.2) is 0 Å². The van der Waals surface area contributed by atoms with Gasteiger partial charge in [0.1, 0.15) is 0 Å². The van der Waals surface area contributed by atoms with E-state index in [-0.39, 0.29) is 0 Å². The van der Waals surface area contributed by atoms with E-state index in [0.29, 0.717) is 0 Å². The number of rotatable bonds is 16. The van der Waals surface area contributed by atoms with Gasteiger partial charge in [0.05, 0.1) is 37.4 Å². The van der Waals surface area contributed by atoms with Crippen LogP contribution in [0.15, 0.2) is 0 Å². The number of phosphoric acid groups is 2. The number of phosphoric ester groups is 1. The molecular formula is C24H56NO7P2+. The van der Waals surface area contributed by atoms with E-state index in [1.807, 2.05) is 0 Å². The monoisotopic (exact) mass is 532 g/mol. The summed E-state index contributed by atoms with van der Waals surface area (Å²) in [5, 5.41) is 0. The Balaban J connectivity index is 0. The third-order valence-electron chi connectivity index (χ3n) is 4.92. The fraction of sp³-hybridized carbons (Fsp3) is 1.00. The van der Waals surface area contributed by atoms with Gasteiger partial charge in [-0.25, -0.2) is 9.13 Å². The van der Waals surface area contributed by atoms with E-state index in [1.165, 1.54) is 82.0 Å². The summed E-state index contributed by atoms with van der Waals surface area (Å²) in [6.45, 7) is 24.4. The van der Waals surface area contributed by atoms with Gasteiger partial charge in [0.25, 0.3) is 0 Å². The van der Waals surface area contributed by atoms with Gasteiger partial charge in [-0.3, -0.25) is 9.05 Å². The minimum atomic E-state index is -4.97. The minimum Gasteiger partial charge on any atom is -0.324 e. The van der Waals surface area contributed by atoms with Crippen molar-refractivity contribution in [2.45, 2.75) is 132 Å². The van der Waals surface area contributed by atoms with Gasteiger partial charge in [-0.05, 0) is 67.2 Å². The van der Waals surface area contributed by atoms with Crippen LogP contribution in [0.5, 0.6) is 0 Å². The molecule has 0 atom stereocenters. The molecule has 34 heavy (non-hydrogen) atoms. The van der Waals surface area contributed by atoms with Crippen molar-refractivity contribution in [3.63, 3.8) is 0 Å². The topological polar surface area (TPSA) is 102 Å². The first kappa shape index (κ1) is 36.4. The van der Waals surface area contributed by atoms with Gasteiger partial charge in [0, 0.05) is 0 Å². The van der Waals surface area contributed by atoms with E-state index in [2.05, 4.69) is 32.0 Å². The maximum atomic E-state index is 12.1. The first-order valence-corrected chi connectivity index (χ1v) is 16.0. The molecule has 2 N–H and O–H groups in total. The van der Waals surface area contributed by atoms with Crippen LogP contribution in [-0.2, 0) is 22.5 Å². The van der Waals surface area contributed by atoms with Crippen LogP contribution in [0.2, 0.25) is 0 Å². The second-order valence-corrected chi connectivity index (χ2v) is 14.0. The molecule has 10 heteroatoms. The third kappa shape index (κ3) is 21.5.